The van der Waals surface area contributed by atoms with E-state index in [2.05, 4.69) is 44.9 Å². The summed E-state index contributed by atoms with van der Waals surface area (Å²) in [5.74, 6) is 0. The Morgan fingerprint density at radius 1 is 1.50 bits per heavy atom. The summed E-state index contributed by atoms with van der Waals surface area (Å²) < 4.78 is 0. The molecule has 0 heterocycles. The van der Waals surface area contributed by atoms with Crippen LogP contribution in [0.1, 0.15) is 13.3 Å². The van der Waals surface area contributed by atoms with Crippen molar-refractivity contribution in [3.63, 3.8) is 0 Å². The minimum Gasteiger partial charge on any atom is -0.0925 e. The fourth-order valence-electron chi connectivity index (χ4n) is 0.356. The lowest BCUT2D eigenvalue weighted by molar-refractivity contribution is 1.21. The van der Waals surface area contributed by atoms with Crippen LogP contribution in [-0.4, -0.2) is 10.7 Å². The van der Waals surface area contributed by atoms with Gasteiger partial charge in [-0.3, -0.25) is 0 Å². The first kappa shape index (κ1) is 8.70. The van der Waals surface area contributed by atoms with E-state index in [4.69, 9.17) is 0 Å². The molecule has 48 valence electrons. The van der Waals surface area contributed by atoms with Crippen molar-refractivity contribution in [3.05, 3.63) is 11.6 Å². The Bertz CT molecular complexity index is 76.6. The molecule has 0 atom stereocenters. The Labute approximate surface area is 67.6 Å². The Hall–Kier alpha value is 0.700. The van der Waals surface area contributed by atoms with Gasteiger partial charge in [-0.15, -0.1) is 0 Å². The number of allylic oxidation sites excluding steroid dienone is 2. The van der Waals surface area contributed by atoms with Gasteiger partial charge in [0, 0.05) is 10.7 Å². The Morgan fingerprint density at radius 2 is 2.12 bits per heavy atom. The van der Waals surface area contributed by atoms with E-state index in [9.17, 15) is 0 Å². The van der Waals surface area contributed by atoms with Crippen molar-refractivity contribution in [1.29, 1.82) is 0 Å². The van der Waals surface area contributed by atoms with Crippen LogP contribution in [0, 0.1) is 0 Å². The summed E-state index contributed by atoms with van der Waals surface area (Å²) in [7, 11) is 0. The SMILES string of the molecule is CC(=CCCBr)CBr. The molecular formula is C6H10Br2. The van der Waals surface area contributed by atoms with E-state index in [1.807, 2.05) is 0 Å². The predicted octanol–water partition coefficient (Wildman–Crippen LogP) is 3.11. The first-order valence-electron chi connectivity index (χ1n) is 2.58. The highest BCUT2D eigenvalue weighted by Crippen LogP contribution is 2.00. The van der Waals surface area contributed by atoms with Crippen molar-refractivity contribution in [1.82, 2.24) is 0 Å². The molecule has 0 rings (SSSR count). The summed E-state index contributed by atoms with van der Waals surface area (Å²) in [4.78, 5) is 0. The summed E-state index contributed by atoms with van der Waals surface area (Å²) in [6.45, 7) is 2.12. The van der Waals surface area contributed by atoms with Gasteiger partial charge in [0.15, 0.2) is 0 Å². The van der Waals surface area contributed by atoms with Crippen LogP contribution >= 0.6 is 31.9 Å². The number of alkyl halides is 2. The van der Waals surface area contributed by atoms with E-state index in [1.54, 1.807) is 0 Å². The molecule has 2 heteroatoms. The smallest absolute Gasteiger partial charge is 0.0239 e. The molecule has 0 aromatic rings. The third-order valence-corrected chi connectivity index (χ3v) is 2.16. The quantitative estimate of drug-likeness (QED) is 0.526. The lowest BCUT2D eigenvalue weighted by Gasteiger charge is -1.89. The minimum absolute atomic E-state index is 1.00. The molecule has 0 spiro atoms. The second-order valence-corrected chi connectivity index (χ2v) is 3.02. The molecule has 0 aromatic carbocycles. The van der Waals surface area contributed by atoms with E-state index >= 15 is 0 Å². The zero-order chi connectivity index (χ0) is 6.41. The third kappa shape index (κ3) is 4.85. The summed E-state index contributed by atoms with van der Waals surface area (Å²) in [5.41, 5.74) is 1.41. The molecule has 0 radical (unpaired) electrons. The lowest BCUT2D eigenvalue weighted by Crippen LogP contribution is -1.75. The molecule has 0 saturated carbocycles. The Kier molecular flexibility index (Phi) is 6.34. The van der Waals surface area contributed by atoms with E-state index in [0.717, 1.165) is 17.1 Å². The lowest BCUT2D eigenvalue weighted by atomic mass is 10.3. The van der Waals surface area contributed by atoms with Gasteiger partial charge < -0.3 is 0 Å². The van der Waals surface area contributed by atoms with Gasteiger partial charge in [0.05, 0.1) is 0 Å². The fraction of sp³-hybridized carbons (Fsp3) is 0.667. The molecule has 0 aliphatic heterocycles. The average molecular weight is 242 g/mol. The highest BCUT2D eigenvalue weighted by atomic mass is 79.9. The van der Waals surface area contributed by atoms with Crippen molar-refractivity contribution >= 4 is 31.9 Å². The van der Waals surface area contributed by atoms with Gasteiger partial charge in [0.2, 0.25) is 0 Å². The third-order valence-electron chi connectivity index (χ3n) is 0.813. The zero-order valence-corrected chi connectivity index (χ0v) is 8.13. The number of halogens is 2. The summed E-state index contributed by atoms with van der Waals surface area (Å²) in [6.07, 6.45) is 3.36. The van der Waals surface area contributed by atoms with Gasteiger partial charge in [0.1, 0.15) is 0 Å². The monoisotopic (exact) mass is 240 g/mol. The van der Waals surface area contributed by atoms with E-state index in [-0.39, 0.29) is 0 Å². The average Bonchev–Trinajstić information content (AvgIpc) is 1.83. The molecule has 0 nitrogen and oxygen atoms in total. The zero-order valence-electron chi connectivity index (χ0n) is 4.95. The number of hydrogen-bond acceptors (Lipinski definition) is 0. The largest absolute Gasteiger partial charge is 0.0925 e. The minimum atomic E-state index is 1.00. The standard InChI is InChI=1S/C6H10Br2/c1-6(5-8)3-2-4-7/h3H,2,4-5H2,1H3. The van der Waals surface area contributed by atoms with Crippen molar-refractivity contribution in [2.75, 3.05) is 10.7 Å². The number of hydrogen-bond donors (Lipinski definition) is 0. The van der Waals surface area contributed by atoms with E-state index < -0.39 is 0 Å². The van der Waals surface area contributed by atoms with Crippen LogP contribution in [0.3, 0.4) is 0 Å². The van der Waals surface area contributed by atoms with Gasteiger partial charge in [-0.25, -0.2) is 0 Å². The molecule has 0 fully saturated rings. The molecule has 0 saturated heterocycles. The molecule has 0 aliphatic rings. The topological polar surface area (TPSA) is 0 Å². The normalized spacial score (nSPS) is 12.1. The predicted molar refractivity (Wildman–Crippen MR) is 46.0 cm³/mol. The maximum atomic E-state index is 3.36. The molecule has 0 amide bonds. The van der Waals surface area contributed by atoms with Crippen LogP contribution in [0.5, 0.6) is 0 Å². The summed E-state index contributed by atoms with van der Waals surface area (Å²) >= 11 is 6.71. The molecular weight excluding hydrogens is 232 g/mol. The van der Waals surface area contributed by atoms with E-state index in [0.29, 0.717) is 0 Å². The van der Waals surface area contributed by atoms with Crippen LogP contribution in [0.4, 0.5) is 0 Å². The molecule has 0 unspecified atom stereocenters. The second-order valence-electron chi connectivity index (χ2n) is 1.66. The summed E-state index contributed by atoms with van der Waals surface area (Å²) in [6, 6.07) is 0. The van der Waals surface area contributed by atoms with Gasteiger partial charge in [-0.2, -0.15) is 0 Å². The molecule has 0 aromatic heterocycles. The number of rotatable bonds is 3. The highest BCUT2D eigenvalue weighted by Gasteiger charge is 1.81. The Balaban J connectivity index is 3.26. The maximum Gasteiger partial charge on any atom is 0.0239 e. The van der Waals surface area contributed by atoms with Crippen molar-refractivity contribution in [2.45, 2.75) is 13.3 Å². The first-order chi connectivity index (χ1) is 3.81. The van der Waals surface area contributed by atoms with Gasteiger partial charge in [0.25, 0.3) is 0 Å². The summed E-state index contributed by atoms with van der Waals surface area (Å²) in [5, 5.41) is 2.07. The maximum absolute atomic E-state index is 3.36. The van der Waals surface area contributed by atoms with Crippen molar-refractivity contribution in [2.24, 2.45) is 0 Å². The van der Waals surface area contributed by atoms with Crippen molar-refractivity contribution in [3.8, 4) is 0 Å². The Morgan fingerprint density at radius 3 is 2.50 bits per heavy atom. The first-order valence-corrected chi connectivity index (χ1v) is 4.83. The van der Waals surface area contributed by atoms with Gasteiger partial charge >= 0.3 is 0 Å². The van der Waals surface area contributed by atoms with E-state index in [1.165, 1.54) is 5.57 Å². The molecule has 0 N–H and O–H groups in total. The molecule has 0 bridgehead atoms. The second kappa shape index (κ2) is 5.83. The van der Waals surface area contributed by atoms with Gasteiger partial charge in [-0.1, -0.05) is 43.5 Å². The molecule has 0 aliphatic carbocycles. The van der Waals surface area contributed by atoms with Gasteiger partial charge in [-0.05, 0) is 13.3 Å². The highest BCUT2D eigenvalue weighted by molar-refractivity contribution is 9.09. The fourth-order valence-corrected chi connectivity index (χ4v) is 0.813. The van der Waals surface area contributed by atoms with Crippen LogP contribution in [0.2, 0.25) is 0 Å². The van der Waals surface area contributed by atoms with Crippen molar-refractivity contribution < 1.29 is 0 Å². The van der Waals surface area contributed by atoms with Crippen LogP contribution in [0.15, 0.2) is 11.6 Å². The molecule has 8 heavy (non-hydrogen) atoms. The van der Waals surface area contributed by atoms with Crippen LogP contribution in [-0.2, 0) is 0 Å². The van der Waals surface area contributed by atoms with Crippen LogP contribution < -0.4 is 0 Å². The van der Waals surface area contributed by atoms with Crippen LogP contribution in [0.25, 0.3) is 0 Å².